The molecule has 1 saturated heterocycles. The van der Waals surface area contributed by atoms with Gasteiger partial charge in [-0.15, -0.1) is 0 Å². The molecule has 10 nitrogen and oxygen atoms in total. The van der Waals surface area contributed by atoms with Crippen LogP contribution in [0.5, 0.6) is 11.5 Å². The molecule has 0 radical (unpaired) electrons. The van der Waals surface area contributed by atoms with Gasteiger partial charge in [-0.05, 0) is 38.3 Å². The minimum absolute atomic E-state index is 0.133. The van der Waals surface area contributed by atoms with Crippen LogP contribution in [0.25, 0.3) is 0 Å². The Hall–Kier alpha value is -3.21. The second kappa shape index (κ2) is 10.8. The summed E-state index contributed by atoms with van der Waals surface area (Å²) >= 11 is 6.13. The first-order chi connectivity index (χ1) is 17.1. The van der Waals surface area contributed by atoms with E-state index in [-0.39, 0.29) is 23.7 Å². The lowest BCUT2D eigenvalue weighted by molar-refractivity contribution is -0.139. The monoisotopic (exact) mass is 515 g/mol. The highest BCUT2D eigenvalue weighted by molar-refractivity contribution is 6.32. The number of anilines is 1. The quantitative estimate of drug-likeness (QED) is 0.453. The predicted molar refractivity (Wildman–Crippen MR) is 134 cm³/mol. The smallest absolute Gasteiger partial charge is 0.271 e. The van der Waals surface area contributed by atoms with Crippen molar-refractivity contribution in [1.82, 2.24) is 19.6 Å². The van der Waals surface area contributed by atoms with Crippen molar-refractivity contribution in [2.24, 2.45) is 5.92 Å². The van der Waals surface area contributed by atoms with Crippen molar-refractivity contribution in [1.29, 1.82) is 0 Å². The van der Waals surface area contributed by atoms with Gasteiger partial charge < -0.3 is 19.5 Å². The van der Waals surface area contributed by atoms with Crippen LogP contribution in [-0.4, -0.2) is 44.0 Å². The van der Waals surface area contributed by atoms with Crippen LogP contribution in [0.4, 0.5) is 5.82 Å². The summed E-state index contributed by atoms with van der Waals surface area (Å²) in [7, 11) is 0. The summed E-state index contributed by atoms with van der Waals surface area (Å²) in [5.74, 6) is 0.140. The molecule has 36 heavy (non-hydrogen) atoms. The summed E-state index contributed by atoms with van der Waals surface area (Å²) in [5.41, 5.74) is -0.466. The molecule has 3 heterocycles. The largest absolute Gasteiger partial charge is 0.454 e. The first-order valence-corrected chi connectivity index (χ1v) is 12.1. The molecule has 192 valence electrons. The Morgan fingerprint density at radius 2 is 2.08 bits per heavy atom. The summed E-state index contributed by atoms with van der Waals surface area (Å²) in [6.45, 7) is 8.63. The molecule has 2 aromatic heterocycles. The number of nitrogens with one attached hydrogen (secondary N) is 1. The minimum atomic E-state index is -0.829. The van der Waals surface area contributed by atoms with Crippen LogP contribution in [0.15, 0.2) is 53.6 Å². The van der Waals surface area contributed by atoms with Crippen molar-refractivity contribution in [3.05, 3.63) is 64.2 Å². The van der Waals surface area contributed by atoms with Gasteiger partial charge in [-0.25, -0.2) is 4.68 Å². The van der Waals surface area contributed by atoms with E-state index >= 15 is 0 Å². The van der Waals surface area contributed by atoms with E-state index in [9.17, 15) is 9.59 Å². The van der Waals surface area contributed by atoms with Gasteiger partial charge in [0.15, 0.2) is 17.4 Å². The second-order valence-corrected chi connectivity index (χ2v) is 9.92. The average molecular weight is 516 g/mol. The van der Waals surface area contributed by atoms with E-state index in [1.807, 2.05) is 27.7 Å². The fraction of sp³-hybridized carbons (Fsp3) is 0.440. The lowest BCUT2D eigenvalue weighted by Crippen LogP contribution is -2.35. The van der Waals surface area contributed by atoms with Gasteiger partial charge in [0.1, 0.15) is 17.9 Å². The van der Waals surface area contributed by atoms with E-state index in [4.69, 9.17) is 25.8 Å². The summed E-state index contributed by atoms with van der Waals surface area (Å²) in [6.07, 6.45) is 3.43. The first-order valence-electron chi connectivity index (χ1n) is 11.8. The number of ether oxygens (including phenoxy) is 3. The predicted octanol–water partition coefficient (Wildman–Crippen LogP) is 4.26. The summed E-state index contributed by atoms with van der Waals surface area (Å²) in [6, 6.07) is 9.08. The second-order valence-electron chi connectivity index (χ2n) is 9.51. The maximum atomic E-state index is 13.2. The average Bonchev–Trinajstić information content (AvgIpc) is 3.39. The van der Waals surface area contributed by atoms with Crippen molar-refractivity contribution < 1.29 is 19.0 Å². The molecule has 0 bridgehead atoms. The summed E-state index contributed by atoms with van der Waals surface area (Å²) < 4.78 is 19.9. The number of para-hydroxylation sites is 1. The highest BCUT2D eigenvalue weighted by atomic mass is 35.5. The zero-order valence-corrected chi connectivity index (χ0v) is 21.4. The molecule has 1 N–H and O–H groups in total. The number of nitrogens with zero attached hydrogens (tertiary/aromatic N) is 4. The highest BCUT2D eigenvalue weighted by Gasteiger charge is 2.33. The SMILES string of the molecule is CC(C)CC(C(=O)Nc1ccn(C[C@@H]2COC(C)(C)O2)n1)n1ncc(Oc2ccccc2Cl)cc1=O. The van der Waals surface area contributed by atoms with Gasteiger partial charge in [0.25, 0.3) is 11.5 Å². The standard InChI is InChI=1S/C25H30ClN5O5/c1-16(2)11-20(31-23(32)12-17(13-27-31)35-21-8-6-5-7-19(21)26)24(33)28-22-9-10-30(29-22)14-18-15-34-25(3,4)36-18/h5-10,12-13,16,18,20H,11,14-15H2,1-4H3,(H,28,29,33)/t18-,20?/m1/s1. The fourth-order valence-corrected chi connectivity index (χ4v) is 4.09. The van der Waals surface area contributed by atoms with Gasteiger partial charge >= 0.3 is 0 Å². The molecule has 1 aliphatic heterocycles. The van der Waals surface area contributed by atoms with E-state index in [2.05, 4.69) is 15.5 Å². The normalized spacial score (nSPS) is 17.8. The zero-order valence-electron chi connectivity index (χ0n) is 20.7. The van der Waals surface area contributed by atoms with Crippen LogP contribution in [0.1, 0.15) is 40.2 Å². The van der Waals surface area contributed by atoms with Gasteiger partial charge in [0.2, 0.25) is 0 Å². The number of carbonyl (C=O) groups is 1. The van der Waals surface area contributed by atoms with Crippen molar-refractivity contribution in [2.45, 2.75) is 58.6 Å². The third kappa shape index (κ3) is 6.51. The molecule has 11 heteroatoms. The van der Waals surface area contributed by atoms with Crippen molar-refractivity contribution in [3.8, 4) is 11.5 Å². The van der Waals surface area contributed by atoms with Crippen LogP contribution in [0.3, 0.4) is 0 Å². The summed E-state index contributed by atoms with van der Waals surface area (Å²) in [4.78, 5) is 26.1. The Bertz CT molecular complexity index is 1270. The Morgan fingerprint density at radius 3 is 2.75 bits per heavy atom. The molecular formula is C25H30ClN5O5. The van der Waals surface area contributed by atoms with E-state index in [0.717, 1.165) is 4.68 Å². The number of amides is 1. The van der Waals surface area contributed by atoms with Crippen molar-refractivity contribution in [3.63, 3.8) is 0 Å². The van der Waals surface area contributed by atoms with Crippen LogP contribution in [0.2, 0.25) is 5.02 Å². The molecule has 1 amide bonds. The minimum Gasteiger partial charge on any atom is -0.454 e. The molecular weight excluding hydrogens is 486 g/mol. The Morgan fingerprint density at radius 1 is 1.31 bits per heavy atom. The zero-order chi connectivity index (χ0) is 25.9. The molecule has 0 aliphatic carbocycles. The van der Waals surface area contributed by atoms with Crippen LogP contribution < -0.4 is 15.6 Å². The topological polar surface area (TPSA) is 110 Å². The van der Waals surface area contributed by atoms with Crippen LogP contribution >= 0.6 is 11.6 Å². The molecule has 2 atom stereocenters. The van der Waals surface area contributed by atoms with Gasteiger partial charge in [-0.1, -0.05) is 37.6 Å². The first kappa shape index (κ1) is 25.9. The number of aromatic nitrogens is 4. The van der Waals surface area contributed by atoms with Crippen molar-refractivity contribution >= 4 is 23.3 Å². The number of benzene rings is 1. The number of rotatable bonds is 9. The number of hydrogen-bond donors (Lipinski definition) is 1. The molecule has 1 aliphatic rings. The van der Waals surface area contributed by atoms with Gasteiger partial charge in [-0.3, -0.25) is 14.3 Å². The van der Waals surface area contributed by atoms with E-state index in [0.29, 0.717) is 36.2 Å². The Labute approximate surface area is 214 Å². The van der Waals surface area contributed by atoms with E-state index in [1.165, 1.54) is 12.3 Å². The number of halogens is 1. The highest BCUT2D eigenvalue weighted by Crippen LogP contribution is 2.28. The van der Waals surface area contributed by atoms with Crippen LogP contribution in [-0.2, 0) is 20.8 Å². The molecule has 1 unspecified atom stereocenters. The Balaban J connectivity index is 1.46. The lowest BCUT2D eigenvalue weighted by atomic mass is 10.0. The van der Waals surface area contributed by atoms with Gasteiger partial charge in [0.05, 0.1) is 24.4 Å². The molecule has 1 fully saturated rings. The van der Waals surface area contributed by atoms with E-state index < -0.39 is 17.4 Å². The number of hydrogen-bond acceptors (Lipinski definition) is 7. The molecule has 0 spiro atoms. The molecule has 0 saturated carbocycles. The third-order valence-corrected chi connectivity index (χ3v) is 5.82. The van der Waals surface area contributed by atoms with Gasteiger partial charge in [0, 0.05) is 18.3 Å². The maximum absolute atomic E-state index is 13.2. The summed E-state index contributed by atoms with van der Waals surface area (Å²) in [5, 5.41) is 11.9. The molecule has 3 aromatic rings. The molecule has 4 rings (SSSR count). The maximum Gasteiger partial charge on any atom is 0.271 e. The molecule has 1 aromatic carbocycles. The van der Waals surface area contributed by atoms with Crippen molar-refractivity contribution in [2.75, 3.05) is 11.9 Å². The Kier molecular flexibility index (Phi) is 7.77. The lowest BCUT2D eigenvalue weighted by Gasteiger charge is -2.19. The third-order valence-electron chi connectivity index (χ3n) is 5.51. The fourth-order valence-electron chi connectivity index (χ4n) is 3.91. The number of carbonyl (C=O) groups excluding carboxylic acids is 1. The van der Waals surface area contributed by atoms with Crippen LogP contribution in [0, 0.1) is 5.92 Å². The van der Waals surface area contributed by atoms with E-state index in [1.54, 1.807) is 41.2 Å². The van der Waals surface area contributed by atoms with Gasteiger partial charge in [-0.2, -0.15) is 10.2 Å².